The van der Waals surface area contributed by atoms with E-state index in [0.717, 1.165) is 6.07 Å². The second kappa shape index (κ2) is 8.30. The van der Waals surface area contributed by atoms with Crippen molar-refractivity contribution in [3.63, 3.8) is 0 Å². The van der Waals surface area contributed by atoms with E-state index < -0.39 is 23.5 Å². The van der Waals surface area contributed by atoms with Gasteiger partial charge in [-0.05, 0) is 30.7 Å². The number of amides is 1. The third-order valence-electron chi connectivity index (χ3n) is 3.55. The number of hydrogen-bond acceptors (Lipinski definition) is 5. The van der Waals surface area contributed by atoms with Crippen LogP contribution in [0.15, 0.2) is 41.3 Å². The van der Waals surface area contributed by atoms with E-state index in [1.54, 1.807) is 31.2 Å². The van der Waals surface area contributed by atoms with Gasteiger partial charge in [-0.3, -0.25) is 9.59 Å². The number of nitrogens with zero attached hydrogens (tertiary/aromatic N) is 1. The SMILES string of the molecule is CNC(=O)c1cc(C(=O)O)cn(Cc2cccc(OCC(C)O)c2)c1=O. The summed E-state index contributed by atoms with van der Waals surface area (Å²) in [5.41, 5.74) is -0.316. The minimum atomic E-state index is -1.24. The third kappa shape index (κ3) is 4.70. The van der Waals surface area contributed by atoms with E-state index in [-0.39, 0.29) is 24.3 Å². The van der Waals surface area contributed by atoms with Crippen molar-refractivity contribution in [1.29, 1.82) is 0 Å². The van der Waals surface area contributed by atoms with Crippen LogP contribution in [0.1, 0.15) is 33.2 Å². The fourth-order valence-electron chi connectivity index (χ4n) is 2.31. The molecule has 0 aliphatic rings. The van der Waals surface area contributed by atoms with E-state index in [0.29, 0.717) is 11.3 Å². The first-order valence-electron chi connectivity index (χ1n) is 7.91. The Balaban J connectivity index is 2.38. The van der Waals surface area contributed by atoms with Crippen molar-refractivity contribution >= 4 is 11.9 Å². The molecule has 8 heteroatoms. The van der Waals surface area contributed by atoms with Crippen molar-refractivity contribution in [3.05, 3.63) is 63.6 Å². The Morgan fingerprint density at radius 3 is 2.65 bits per heavy atom. The number of carboxylic acid groups (broad SMARTS) is 1. The number of rotatable bonds is 7. The van der Waals surface area contributed by atoms with Gasteiger partial charge in [0, 0.05) is 13.2 Å². The summed E-state index contributed by atoms with van der Waals surface area (Å²) in [5, 5.41) is 20.8. The van der Waals surface area contributed by atoms with Crippen molar-refractivity contribution in [1.82, 2.24) is 9.88 Å². The highest BCUT2D eigenvalue weighted by atomic mass is 16.5. The number of hydrogen-bond donors (Lipinski definition) is 3. The Hall–Kier alpha value is -3.13. The summed E-state index contributed by atoms with van der Waals surface area (Å²) in [7, 11) is 1.36. The molecule has 3 N–H and O–H groups in total. The van der Waals surface area contributed by atoms with Gasteiger partial charge in [0.1, 0.15) is 17.9 Å². The Morgan fingerprint density at radius 1 is 1.31 bits per heavy atom. The monoisotopic (exact) mass is 360 g/mol. The van der Waals surface area contributed by atoms with Gasteiger partial charge >= 0.3 is 5.97 Å². The van der Waals surface area contributed by atoms with Crippen LogP contribution in [0, 0.1) is 0 Å². The van der Waals surface area contributed by atoms with Gasteiger partial charge in [0.15, 0.2) is 0 Å². The number of carboxylic acids is 1. The van der Waals surface area contributed by atoms with E-state index in [1.165, 1.54) is 17.8 Å². The normalized spacial score (nSPS) is 11.7. The minimum absolute atomic E-state index is 0.0653. The average molecular weight is 360 g/mol. The number of aromatic carboxylic acids is 1. The number of nitrogens with one attached hydrogen (secondary N) is 1. The molecule has 8 nitrogen and oxygen atoms in total. The smallest absolute Gasteiger partial charge is 0.337 e. The first kappa shape index (κ1) is 19.2. The van der Waals surface area contributed by atoms with Gasteiger partial charge in [-0.15, -0.1) is 0 Å². The summed E-state index contributed by atoms with van der Waals surface area (Å²) >= 11 is 0. The molecule has 1 aromatic carbocycles. The van der Waals surface area contributed by atoms with Gasteiger partial charge in [0.2, 0.25) is 0 Å². The molecule has 1 atom stereocenters. The highest BCUT2D eigenvalue weighted by Crippen LogP contribution is 2.15. The predicted molar refractivity (Wildman–Crippen MR) is 93.8 cm³/mol. The molecule has 26 heavy (non-hydrogen) atoms. The minimum Gasteiger partial charge on any atom is -0.491 e. The van der Waals surface area contributed by atoms with Gasteiger partial charge in [0.25, 0.3) is 11.5 Å². The van der Waals surface area contributed by atoms with Crippen LogP contribution in [0.3, 0.4) is 0 Å². The Kier molecular flexibility index (Phi) is 6.13. The summed E-state index contributed by atoms with van der Waals surface area (Å²) in [6.07, 6.45) is 0.573. The number of carbonyl (C=O) groups excluding carboxylic acids is 1. The Labute approximate surface area is 149 Å². The van der Waals surface area contributed by atoms with Crippen LogP contribution in [-0.2, 0) is 6.54 Å². The topological polar surface area (TPSA) is 118 Å². The quantitative estimate of drug-likeness (QED) is 0.669. The van der Waals surface area contributed by atoms with E-state index >= 15 is 0 Å². The number of ether oxygens (including phenoxy) is 1. The molecular weight excluding hydrogens is 340 g/mol. The van der Waals surface area contributed by atoms with Crippen LogP contribution in [0.25, 0.3) is 0 Å². The maximum atomic E-state index is 12.5. The standard InChI is InChI=1S/C18H20N2O6/c1-11(21)10-26-14-5-3-4-12(6-14)8-20-9-13(18(24)25)7-15(17(20)23)16(22)19-2/h3-7,9,11,21H,8,10H2,1-2H3,(H,19,22)(H,24,25). The van der Waals surface area contributed by atoms with Crippen molar-refractivity contribution < 1.29 is 24.5 Å². The number of benzene rings is 1. The maximum Gasteiger partial charge on any atom is 0.337 e. The Bertz CT molecular complexity index is 872. The number of aliphatic hydroxyl groups excluding tert-OH is 1. The summed E-state index contributed by atoms with van der Waals surface area (Å²) in [4.78, 5) is 35.6. The molecule has 1 unspecified atom stereocenters. The number of pyridine rings is 1. The third-order valence-corrected chi connectivity index (χ3v) is 3.55. The fraction of sp³-hybridized carbons (Fsp3) is 0.278. The lowest BCUT2D eigenvalue weighted by Gasteiger charge is -2.12. The highest BCUT2D eigenvalue weighted by Gasteiger charge is 2.16. The van der Waals surface area contributed by atoms with Gasteiger partial charge < -0.3 is 24.8 Å². The fourth-order valence-corrected chi connectivity index (χ4v) is 2.31. The first-order valence-corrected chi connectivity index (χ1v) is 7.91. The molecule has 1 aromatic heterocycles. The van der Waals surface area contributed by atoms with E-state index in [4.69, 9.17) is 4.74 Å². The molecule has 0 spiro atoms. The van der Waals surface area contributed by atoms with Crippen LogP contribution in [0.4, 0.5) is 0 Å². The predicted octanol–water partition coefficient (Wildman–Crippen LogP) is 0.714. The molecule has 0 aliphatic carbocycles. The molecule has 2 aromatic rings. The zero-order valence-corrected chi connectivity index (χ0v) is 14.4. The van der Waals surface area contributed by atoms with Crippen LogP contribution < -0.4 is 15.6 Å². The van der Waals surface area contributed by atoms with Gasteiger partial charge in [-0.25, -0.2) is 4.79 Å². The molecular formula is C18H20N2O6. The zero-order valence-electron chi connectivity index (χ0n) is 14.4. The van der Waals surface area contributed by atoms with Crippen LogP contribution >= 0.6 is 0 Å². The lowest BCUT2D eigenvalue weighted by Crippen LogP contribution is -2.32. The van der Waals surface area contributed by atoms with E-state index in [1.807, 2.05) is 0 Å². The largest absolute Gasteiger partial charge is 0.491 e. The molecule has 1 amide bonds. The molecule has 138 valence electrons. The number of aliphatic hydroxyl groups is 1. The molecule has 0 saturated heterocycles. The van der Waals surface area contributed by atoms with Gasteiger partial charge in [-0.2, -0.15) is 0 Å². The second-order valence-corrected chi connectivity index (χ2v) is 5.77. The van der Waals surface area contributed by atoms with E-state index in [9.17, 15) is 24.6 Å². The summed E-state index contributed by atoms with van der Waals surface area (Å²) in [6.45, 7) is 1.79. The van der Waals surface area contributed by atoms with Crippen molar-refractivity contribution in [3.8, 4) is 5.75 Å². The van der Waals surface area contributed by atoms with Crippen molar-refractivity contribution in [2.45, 2.75) is 19.6 Å². The molecule has 2 rings (SSSR count). The van der Waals surface area contributed by atoms with E-state index in [2.05, 4.69) is 5.32 Å². The summed E-state index contributed by atoms with van der Waals surface area (Å²) in [5.74, 6) is -1.38. The maximum absolute atomic E-state index is 12.5. The number of carbonyl (C=O) groups is 2. The Morgan fingerprint density at radius 2 is 2.04 bits per heavy atom. The molecule has 0 saturated carbocycles. The van der Waals surface area contributed by atoms with Gasteiger partial charge in [-0.1, -0.05) is 12.1 Å². The van der Waals surface area contributed by atoms with Crippen LogP contribution in [0.2, 0.25) is 0 Å². The first-order chi connectivity index (χ1) is 12.3. The van der Waals surface area contributed by atoms with Gasteiger partial charge in [0.05, 0.1) is 18.2 Å². The summed E-state index contributed by atoms with van der Waals surface area (Å²) < 4.78 is 6.59. The lowest BCUT2D eigenvalue weighted by molar-refractivity contribution is 0.0695. The molecule has 1 heterocycles. The summed E-state index contributed by atoms with van der Waals surface area (Å²) in [6, 6.07) is 7.91. The average Bonchev–Trinajstić information content (AvgIpc) is 2.61. The van der Waals surface area contributed by atoms with Crippen molar-refractivity contribution in [2.75, 3.05) is 13.7 Å². The van der Waals surface area contributed by atoms with Crippen LogP contribution in [-0.4, -0.2) is 46.4 Å². The number of aromatic nitrogens is 1. The van der Waals surface area contributed by atoms with Crippen LogP contribution in [0.5, 0.6) is 5.75 Å². The zero-order chi connectivity index (χ0) is 19.3. The molecule has 0 bridgehead atoms. The second-order valence-electron chi connectivity index (χ2n) is 5.77. The lowest BCUT2D eigenvalue weighted by atomic mass is 10.1. The molecule has 0 fully saturated rings. The molecule has 0 radical (unpaired) electrons. The molecule has 0 aliphatic heterocycles. The van der Waals surface area contributed by atoms with Crippen molar-refractivity contribution in [2.24, 2.45) is 0 Å². The highest BCUT2D eigenvalue weighted by molar-refractivity contribution is 5.96.